The average molecular weight is 314 g/mol. The lowest BCUT2D eigenvalue weighted by atomic mass is 10.1. The summed E-state index contributed by atoms with van der Waals surface area (Å²) in [4.78, 5) is 4.16. The molecule has 0 saturated carbocycles. The molecule has 0 radical (unpaired) electrons. The fraction of sp³-hybridized carbons (Fsp3) is 0.533. The van der Waals surface area contributed by atoms with Gasteiger partial charge in [0, 0.05) is 32.3 Å². The summed E-state index contributed by atoms with van der Waals surface area (Å²) in [5.41, 5.74) is 1.20. The third kappa shape index (κ3) is 8.55. The molecule has 0 atom stereocenters. The Morgan fingerprint density at radius 1 is 1.19 bits per heavy atom. The Kier molecular flexibility index (Phi) is 9.61. The average Bonchev–Trinajstić information content (AvgIpc) is 2.49. The molecule has 0 aromatic heterocycles. The van der Waals surface area contributed by atoms with Gasteiger partial charge in [-0.25, -0.2) is 0 Å². The maximum atomic E-state index is 5.95. The molecule has 2 N–H and O–H groups in total. The first kappa shape index (κ1) is 17.8. The van der Waals surface area contributed by atoms with Gasteiger partial charge in [0.25, 0.3) is 0 Å². The maximum Gasteiger partial charge on any atom is 0.191 e. The zero-order chi connectivity index (χ0) is 15.3. The molecular formula is C15H24ClN3O2. The molecule has 0 aliphatic carbocycles. The Labute approximate surface area is 131 Å². The standard InChI is InChI=1S/C15H24ClN3O2/c1-17-15(19-8-9-21-11-10-20-2)18-7-6-13-4-3-5-14(16)12-13/h3-5,12H,6-11H2,1-2H3,(H2,17,18,19). The predicted molar refractivity (Wildman–Crippen MR) is 87.2 cm³/mol. The predicted octanol–water partition coefficient (Wildman–Crippen LogP) is 1.71. The van der Waals surface area contributed by atoms with Crippen molar-refractivity contribution in [3.05, 3.63) is 34.9 Å². The minimum atomic E-state index is 0.610. The number of hydrogen-bond acceptors (Lipinski definition) is 3. The van der Waals surface area contributed by atoms with Crippen molar-refractivity contribution in [2.75, 3.05) is 47.1 Å². The van der Waals surface area contributed by atoms with Gasteiger partial charge in [-0.3, -0.25) is 4.99 Å². The van der Waals surface area contributed by atoms with E-state index in [4.69, 9.17) is 21.1 Å². The topological polar surface area (TPSA) is 54.9 Å². The van der Waals surface area contributed by atoms with Crippen molar-refractivity contribution in [2.24, 2.45) is 4.99 Å². The van der Waals surface area contributed by atoms with E-state index >= 15 is 0 Å². The minimum absolute atomic E-state index is 0.610. The fourth-order valence-electron chi connectivity index (χ4n) is 1.72. The Hall–Kier alpha value is -1.30. The van der Waals surface area contributed by atoms with Crippen LogP contribution in [0.4, 0.5) is 0 Å². The number of nitrogens with one attached hydrogen (secondary N) is 2. The Morgan fingerprint density at radius 2 is 2.00 bits per heavy atom. The molecule has 21 heavy (non-hydrogen) atoms. The van der Waals surface area contributed by atoms with Crippen molar-refractivity contribution in [3.8, 4) is 0 Å². The lowest BCUT2D eigenvalue weighted by Crippen LogP contribution is -2.39. The summed E-state index contributed by atoms with van der Waals surface area (Å²) in [6.45, 7) is 3.36. The van der Waals surface area contributed by atoms with E-state index in [-0.39, 0.29) is 0 Å². The Balaban J connectivity index is 2.14. The van der Waals surface area contributed by atoms with Crippen LogP contribution >= 0.6 is 11.6 Å². The van der Waals surface area contributed by atoms with E-state index in [1.807, 2.05) is 18.2 Å². The highest BCUT2D eigenvalue weighted by molar-refractivity contribution is 6.30. The van der Waals surface area contributed by atoms with E-state index in [1.165, 1.54) is 5.56 Å². The molecule has 0 aliphatic heterocycles. The molecule has 1 rings (SSSR count). The normalized spacial score (nSPS) is 11.5. The van der Waals surface area contributed by atoms with E-state index < -0.39 is 0 Å². The molecule has 0 unspecified atom stereocenters. The Morgan fingerprint density at radius 3 is 2.71 bits per heavy atom. The third-order valence-corrected chi connectivity index (χ3v) is 3.02. The number of benzene rings is 1. The number of nitrogens with zero attached hydrogens (tertiary/aromatic N) is 1. The highest BCUT2D eigenvalue weighted by Crippen LogP contribution is 2.10. The largest absolute Gasteiger partial charge is 0.382 e. The van der Waals surface area contributed by atoms with Crippen molar-refractivity contribution < 1.29 is 9.47 Å². The number of hydrogen-bond donors (Lipinski definition) is 2. The molecule has 118 valence electrons. The van der Waals surface area contributed by atoms with Gasteiger partial charge in [0.05, 0.1) is 19.8 Å². The second-order valence-corrected chi connectivity index (χ2v) is 4.85. The van der Waals surface area contributed by atoms with E-state index in [1.54, 1.807) is 14.2 Å². The smallest absolute Gasteiger partial charge is 0.191 e. The van der Waals surface area contributed by atoms with Gasteiger partial charge in [-0.2, -0.15) is 0 Å². The van der Waals surface area contributed by atoms with E-state index in [2.05, 4.69) is 21.7 Å². The summed E-state index contributed by atoms with van der Waals surface area (Å²) in [6, 6.07) is 7.88. The maximum absolute atomic E-state index is 5.95. The zero-order valence-corrected chi connectivity index (χ0v) is 13.4. The molecule has 0 heterocycles. The molecule has 1 aromatic carbocycles. The molecule has 0 amide bonds. The first-order chi connectivity index (χ1) is 10.3. The van der Waals surface area contributed by atoms with E-state index in [0.29, 0.717) is 26.4 Å². The molecule has 6 heteroatoms. The number of methoxy groups -OCH3 is 1. The SMILES string of the molecule is CN=C(NCCOCCOC)NCCc1cccc(Cl)c1. The van der Waals surface area contributed by atoms with Gasteiger partial charge in [-0.1, -0.05) is 23.7 Å². The molecule has 0 fully saturated rings. The first-order valence-electron chi connectivity index (χ1n) is 7.02. The lowest BCUT2D eigenvalue weighted by molar-refractivity contribution is 0.0733. The van der Waals surface area contributed by atoms with Gasteiger partial charge in [-0.05, 0) is 24.1 Å². The number of ether oxygens (including phenoxy) is 2. The highest BCUT2D eigenvalue weighted by atomic mass is 35.5. The first-order valence-corrected chi connectivity index (χ1v) is 7.39. The quantitative estimate of drug-likeness (QED) is 0.414. The van der Waals surface area contributed by atoms with E-state index in [0.717, 1.165) is 23.9 Å². The van der Waals surface area contributed by atoms with Crippen molar-refractivity contribution in [1.29, 1.82) is 0 Å². The minimum Gasteiger partial charge on any atom is -0.382 e. The molecular weight excluding hydrogens is 290 g/mol. The van der Waals surface area contributed by atoms with Crippen LogP contribution in [0.15, 0.2) is 29.3 Å². The molecule has 5 nitrogen and oxygen atoms in total. The monoisotopic (exact) mass is 313 g/mol. The molecule has 1 aromatic rings. The third-order valence-electron chi connectivity index (χ3n) is 2.79. The second-order valence-electron chi connectivity index (χ2n) is 4.41. The summed E-state index contributed by atoms with van der Waals surface area (Å²) in [6.07, 6.45) is 0.894. The van der Waals surface area contributed by atoms with Gasteiger partial charge in [0.2, 0.25) is 0 Å². The summed E-state index contributed by atoms with van der Waals surface area (Å²) >= 11 is 5.95. The van der Waals surface area contributed by atoms with Crippen LogP contribution in [-0.4, -0.2) is 53.0 Å². The second kappa shape index (κ2) is 11.4. The van der Waals surface area contributed by atoms with Crippen LogP contribution in [0.3, 0.4) is 0 Å². The molecule has 0 saturated heterocycles. The van der Waals surface area contributed by atoms with E-state index in [9.17, 15) is 0 Å². The summed E-state index contributed by atoms with van der Waals surface area (Å²) in [5.74, 6) is 0.771. The van der Waals surface area contributed by atoms with Gasteiger partial charge in [0.1, 0.15) is 0 Å². The molecule has 0 aliphatic rings. The van der Waals surface area contributed by atoms with Gasteiger partial charge in [-0.15, -0.1) is 0 Å². The number of rotatable bonds is 9. The van der Waals surface area contributed by atoms with Crippen LogP contribution in [0.25, 0.3) is 0 Å². The fourth-order valence-corrected chi connectivity index (χ4v) is 1.94. The van der Waals surface area contributed by atoms with Crippen LogP contribution < -0.4 is 10.6 Å². The number of halogens is 1. The van der Waals surface area contributed by atoms with Crippen LogP contribution in [0.2, 0.25) is 5.02 Å². The summed E-state index contributed by atoms with van der Waals surface area (Å²) in [7, 11) is 3.41. The lowest BCUT2D eigenvalue weighted by Gasteiger charge is -2.12. The molecule has 0 spiro atoms. The van der Waals surface area contributed by atoms with Gasteiger partial charge in [0.15, 0.2) is 5.96 Å². The zero-order valence-electron chi connectivity index (χ0n) is 12.7. The Bertz CT molecular complexity index is 427. The van der Waals surface area contributed by atoms with Crippen LogP contribution in [0, 0.1) is 0 Å². The highest BCUT2D eigenvalue weighted by Gasteiger charge is 1.98. The van der Waals surface area contributed by atoms with Gasteiger partial charge >= 0.3 is 0 Å². The van der Waals surface area contributed by atoms with Crippen LogP contribution in [0.5, 0.6) is 0 Å². The number of guanidine groups is 1. The van der Waals surface area contributed by atoms with Crippen molar-refractivity contribution >= 4 is 17.6 Å². The molecule has 0 bridgehead atoms. The summed E-state index contributed by atoms with van der Waals surface area (Å²) in [5, 5.41) is 7.21. The number of aliphatic imine (C=N–C) groups is 1. The van der Waals surface area contributed by atoms with Crippen molar-refractivity contribution in [2.45, 2.75) is 6.42 Å². The summed E-state index contributed by atoms with van der Waals surface area (Å²) < 4.78 is 10.3. The van der Waals surface area contributed by atoms with Crippen molar-refractivity contribution in [1.82, 2.24) is 10.6 Å². The van der Waals surface area contributed by atoms with Crippen LogP contribution in [0.1, 0.15) is 5.56 Å². The van der Waals surface area contributed by atoms with Gasteiger partial charge < -0.3 is 20.1 Å². The van der Waals surface area contributed by atoms with Crippen LogP contribution in [-0.2, 0) is 15.9 Å². The van der Waals surface area contributed by atoms with Crippen molar-refractivity contribution in [3.63, 3.8) is 0 Å².